The number of fused-ring (bicyclic) bond motifs is 12. The van der Waals surface area contributed by atoms with Gasteiger partial charge >= 0.3 is 0 Å². The summed E-state index contributed by atoms with van der Waals surface area (Å²) in [7, 11) is 4.83. The van der Waals surface area contributed by atoms with Crippen molar-refractivity contribution >= 4 is 118 Å². The molecule has 9 nitrogen and oxygen atoms in total. The Morgan fingerprint density at radius 1 is 0.250 bits per heavy atom. The molecule has 0 fully saturated rings. The number of rotatable bonds is 18. The molecule has 0 atom stereocenters. The Hall–Kier alpha value is -13.9. The quantitative estimate of drug-likeness (QED) is 0.0473. The van der Waals surface area contributed by atoms with Gasteiger partial charge in [0.2, 0.25) is 0 Å². The summed E-state index contributed by atoms with van der Waals surface area (Å²) in [6.45, 7) is 24.2. The van der Waals surface area contributed by atoms with Gasteiger partial charge in [-0.1, -0.05) is 278 Å². The van der Waals surface area contributed by atoms with Crippen molar-refractivity contribution in [2.24, 2.45) is 0 Å². The minimum Gasteiger partial charge on any atom is -0.501 e. The first kappa shape index (κ1) is 79.9. The van der Waals surface area contributed by atoms with Gasteiger partial charge in [0.1, 0.15) is 17.3 Å². The zero-order valence-electron chi connectivity index (χ0n) is 71.0. The van der Waals surface area contributed by atoms with E-state index in [1.165, 1.54) is 66.8 Å². The highest BCUT2D eigenvalue weighted by Gasteiger charge is 2.40. The van der Waals surface area contributed by atoms with Gasteiger partial charge in [0.25, 0.3) is 0 Å². The van der Waals surface area contributed by atoms with Crippen molar-refractivity contribution in [3.63, 3.8) is 0 Å². The van der Waals surface area contributed by atoms with Gasteiger partial charge in [0.15, 0.2) is 17.3 Å². The molecule has 0 heterocycles. The van der Waals surface area contributed by atoms with Crippen molar-refractivity contribution in [1.82, 2.24) is 0 Å². The van der Waals surface area contributed by atoms with E-state index in [0.29, 0.717) is 34.0 Å². The second kappa shape index (κ2) is 32.5. The maximum atomic E-state index is 13.2. The van der Waals surface area contributed by atoms with E-state index in [9.17, 15) is 14.4 Å². The van der Waals surface area contributed by atoms with Crippen LogP contribution in [0.4, 0.5) is 51.2 Å². The Morgan fingerprint density at radius 3 is 0.958 bits per heavy atom. The van der Waals surface area contributed by atoms with Crippen molar-refractivity contribution < 1.29 is 28.6 Å². The Morgan fingerprint density at radius 2 is 0.550 bits per heavy atom. The van der Waals surface area contributed by atoms with Crippen molar-refractivity contribution in [2.45, 2.75) is 99.3 Å². The molecule has 15 aromatic carbocycles. The summed E-state index contributed by atoms with van der Waals surface area (Å²) < 4.78 is 16.6. The molecule has 3 aliphatic rings. The van der Waals surface area contributed by atoms with Crippen LogP contribution in [-0.4, -0.2) is 38.7 Å². The molecule has 15 aromatic rings. The highest BCUT2D eigenvalue weighted by Crippen LogP contribution is 2.56. The molecule has 0 saturated carbocycles. The van der Waals surface area contributed by atoms with Crippen molar-refractivity contribution in [2.75, 3.05) is 36.0 Å². The molecule has 0 aromatic heterocycles. The lowest BCUT2D eigenvalue weighted by Gasteiger charge is -2.31. The largest absolute Gasteiger partial charge is 0.501 e. The normalized spacial score (nSPS) is 13.8. The lowest BCUT2D eigenvalue weighted by Crippen LogP contribution is -2.17. The zero-order chi connectivity index (χ0) is 84.1. The summed E-state index contributed by atoms with van der Waals surface area (Å²) in [4.78, 5) is 45.3. The van der Waals surface area contributed by atoms with E-state index in [1.807, 2.05) is 63.2 Å². The molecule has 0 saturated heterocycles. The molecule has 0 unspecified atom stereocenters. The van der Waals surface area contributed by atoms with Gasteiger partial charge in [0.05, 0.1) is 49.4 Å². The molecule has 3 aliphatic carbocycles. The van der Waals surface area contributed by atoms with Crippen LogP contribution < -0.4 is 14.7 Å². The number of allylic oxidation sites excluding steroid dienone is 6. The number of ketones is 3. The maximum Gasteiger partial charge on any atom is 0.163 e. The number of benzene rings is 15. The number of hydrogen-bond donors (Lipinski definition) is 0. The molecule has 594 valence electrons. The lowest BCUT2D eigenvalue weighted by molar-refractivity contribution is -0.112. The van der Waals surface area contributed by atoms with Gasteiger partial charge in [-0.25, -0.2) is 0 Å². The minimum absolute atomic E-state index is 0.0116. The highest BCUT2D eigenvalue weighted by molar-refractivity contribution is 6.31. The van der Waals surface area contributed by atoms with Crippen LogP contribution in [0.5, 0.6) is 0 Å². The zero-order valence-corrected chi connectivity index (χ0v) is 71.0. The third-order valence-electron chi connectivity index (χ3n) is 24.8. The molecule has 0 N–H and O–H groups in total. The first-order valence-electron chi connectivity index (χ1n) is 41.1. The average molecular weight is 1570 g/mol. The maximum absolute atomic E-state index is 13.2. The van der Waals surface area contributed by atoms with Crippen LogP contribution in [-0.2, 0) is 44.8 Å². The van der Waals surface area contributed by atoms with Crippen molar-refractivity contribution in [3.05, 3.63) is 395 Å². The van der Waals surface area contributed by atoms with Gasteiger partial charge in [0, 0.05) is 77.8 Å². The Labute approximate surface area is 705 Å². The monoisotopic (exact) mass is 1570 g/mol. The fourth-order valence-electron chi connectivity index (χ4n) is 18.8. The van der Waals surface area contributed by atoms with E-state index in [0.717, 1.165) is 100 Å². The topological polar surface area (TPSA) is 88.6 Å². The van der Waals surface area contributed by atoms with Crippen molar-refractivity contribution in [1.29, 1.82) is 0 Å². The Balaban J connectivity index is 0.000000135. The molecule has 0 radical (unpaired) electrons. The number of anilines is 9. The summed E-state index contributed by atoms with van der Waals surface area (Å²) in [5.41, 5.74) is 29.7. The van der Waals surface area contributed by atoms with Crippen LogP contribution in [0.1, 0.15) is 133 Å². The van der Waals surface area contributed by atoms with E-state index in [-0.39, 0.29) is 33.6 Å². The van der Waals surface area contributed by atoms with Gasteiger partial charge in [-0.3, -0.25) is 14.4 Å². The molecule has 0 spiro atoms. The van der Waals surface area contributed by atoms with Crippen LogP contribution >= 0.6 is 0 Å². The standard InChI is InChI=1S/C41H35NO2.C37H33NO2.C33H31NO2/c1-26(43)38(27(2)44-5)39-32-18-9-11-20-34(32)40(35-21-12-10-19-33(35)39)42(28-15-7-6-8-16-28)29-23-24-31-30-17-13-14-22-36(30)41(3,4)37(31)25-29;1-24(39)36(25(2)40-5)32-21-22-35(31-17-10-9-15-28(31)32)38(26-13-7-6-8-14-26)27-19-20-30-29-16-11-12-18-33(29)37(3,4)34(30)23-27;1-22(35)32(23(2)36-5)24-15-17-26(18-16-24)34(25-11-7-6-8-12-25)27-19-20-29-28-13-9-10-14-30(28)33(3,4)31(29)21-27/h6-25H,1-5H3;6-23H,1-5H3;6-21H,1-5H3/b38-27+;36-25+;32-23+. The molecule has 120 heavy (non-hydrogen) atoms. The molecule has 0 aliphatic heterocycles. The first-order valence-corrected chi connectivity index (χ1v) is 41.1. The highest BCUT2D eigenvalue weighted by atomic mass is 16.5. The molecular weight excluding hydrogens is 1470 g/mol. The van der Waals surface area contributed by atoms with Crippen LogP contribution in [0.25, 0.3) is 82.4 Å². The van der Waals surface area contributed by atoms with E-state index in [1.54, 1.807) is 42.1 Å². The number of carbonyl (C=O) groups excluding carboxylic acids is 3. The number of para-hydroxylation sites is 3. The van der Waals surface area contributed by atoms with Gasteiger partial charge in [-0.05, 0) is 227 Å². The molecule has 0 bridgehead atoms. The fourth-order valence-corrected chi connectivity index (χ4v) is 18.8. The van der Waals surface area contributed by atoms with Gasteiger partial charge in [-0.15, -0.1) is 0 Å². The van der Waals surface area contributed by atoms with Crippen LogP contribution in [0.3, 0.4) is 0 Å². The third-order valence-corrected chi connectivity index (χ3v) is 24.8. The number of Topliss-reactive ketones (excluding diaryl/α,β-unsaturated/α-hetero) is 3. The van der Waals surface area contributed by atoms with Crippen molar-refractivity contribution in [3.8, 4) is 33.4 Å². The number of hydrogen-bond acceptors (Lipinski definition) is 9. The summed E-state index contributed by atoms with van der Waals surface area (Å²) in [6, 6.07) is 116. The SMILES string of the molecule is CO/C(C)=C(\C(C)=O)c1c2ccccc2c(N(c2ccccc2)c2ccc3c(c2)C(C)(C)c2ccccc2-3)c2ccccc12.CO/C(C)=C(\C(C)=O)c1ccc(N(c2ccccc2)c2ccc3c(c2)C(C)(C)c2ccccc2-3)c2ccccc12.CO/C(C)=C(\C(C)=O)c1ccc(N(c2ccccc2)c2ccc3c(c2)C(C)(C)c2ccccc2-3)cc1. The molecular formula is C111H99N3O6. The summed E-state index contributed by atoms with van der Waals surface area (Å²) in [5.74, 6) is 1.80. The van der Waals surface area contributed by atoms with Crippen LogP contribution in [0.15, 0.2) is 345 Å². The van der Waals surface area contributed by atoms with E-state index < -0.39 is 0 Å². The molecule has 18 rings (SSSR count). The van der Waals surface area contributed by atoms with E-state index in [4.69, 9.17) is 14.2 Å². The summed E-state index contributed by atoms with van der Waals surface area (Å²) >= 11 is 0. The predicted octanol–water partition coefficient (Wildman–Crippen LogP) is 28.7. The van der Waals surface area contributed by atoms with Gasteiger partial charge < -0.3 is 28.9 Å². The van der Waals surface area contributed by atoms with Crippen LogP contribution in [0.2, 0.25) is 0 Å². The average Bonchev–Trinajstić information content (AvgIpc) is 1.71. The van der Waals surface area contributed by atoms with Crippen LogP contribution in [0, 0.1) is 0 Å². The number of nitrogens with zero attached hydrogens (tertiary/aromatic N) is 3. The first-order chi connectivity index (χ1) is 58.0. The summed E-state index contributed by atoms with van der Waals surface area (Å²) in [6.07, 6.45) is 0. The molecule has 0 amide bonds. The number of ether oxygens (including phenoxy) is 3. The second-order valence-electron chi connectivity index (χ2n) is 32.8. The third kappa shape index (κ3) is 14.1. The number of carbonyl (C=O) groups is 3. The minimum atomic E-state index is -0.128. The summed E-state index contributed by atoms with van der Waals surface area (Å²) in [5, 5.41) is 6.23. The Kier molecular flexibility index (Phi) is 21.7. The second-order valence-corrected chi connectivity index (χ2v) is 32.8. The number of methoxy groups -OCH3 is 3. The Bertz CT molecular complexity index is 6590. The van der Waals surface area contributed by atoms with E-state index in [2.05, 4.69) is 341 Å². The lowest BCUT2D eigenvalue weighted by atomic mass is 9.82. The van der Waals surface area contributed by atoms with E-state index >= 15 is 0 Å². The molecule has 9 heteroatoms. The van der Waals surface area contributed by atoms with Gasteiger partial charge in [-0.2, -0.15) is 0 Å². The fraction of sp³-hybridized carbons (Fsp3) is 0.162. The smallest absolute Gasteiger partial charge is 0.163 e. The predicted molar refractivity (Wildman–Crippen MR) is 499 cm³/mol.